The van der Waals surface area contributed by atoms with Crippen LogP contribution in [-0.4, -0.2) is 21.0 Å². The third-order valence-electron chi connectivity index (χ3n) is 3.05. The largest absolute Gasteiger partial charge is 0.462 e. The summed E-state index contributed by atoms with van der Waals surface area (Å²) in [5.74, 6) is -0.551. The highest BCUT2D eigenvalue weighted by Crippen LogP contribution is 2.24. The minimum Gasteiger partial charge on any atom is -0.462 e. The fourth-order valence-corrected chi connectivity index (χ4v) is 3.19. The van der Waals surface area contributed by atoms with Gasteiger partial charge < -0.3 is 4.74 Å². The van der Waals surface area contributed by atoms with Crippen LogP contribution in [0, 0.1) is 6.92 Å². The molecule has 0 bridgehead atoms. The molecule has 0 fully saturated rings. The molecule has 23 heavy (non-hydrogen) atoms. The number of nitrogens with one attached hydrogen (secondary N) is 1. The van der Waals surface area contributed by atoms with E-state index in [1.807, 2.05) is 6.92 Å². The number of aryl methyl sites for hydroxylation is 1. The maximum absolute atomic E-state index is 12.3. The fraction of sp³-hybridized carbons (Fsp3) is 0.188. The molecule has 0 unspecified atom stereocenters. The molecular weight excluding hydrogens is 338 g/mol. The molecule has 2 aromatic carbocycles. The van der Waals surface area contributed by atoms with Gasteiger partial charge in [0.1, 0.15) is 0 Å². The van der Waals surface area contributed by atoms with E-state index in [0.717, 1.165) is 5.56 Å². The van der Waals surface area contributed by atoms with E-state index in [1.54, 1.807) is 19.1 Å². The van der Waals surface area contributed by atoms with Gasteiger partial charge in [0.25, 0.3) is 10.0 Å². The van der Waals surface area contributed by atoms with Crippen molar-refractivity contribution in [2.45, 2.75) is 18.7 Å². The number of hydrogen-bond acceptors (Lipinski definition) is 4. The van der Waals surface area contributed by atoms with Crippen molar-refractivity contribution in [3.8, 4) is 0 Å². The van der Waals surface area contributed by atoms with Gasteiger partial charge in [0.2, 0.25) is 0 Å². The lowest BCUT2D eigenvalue weighted by atomic mass is 10.2. The summed E-state index contributed by atoms with van der Waals surface area (Å²) >= 11 is 6.02. The summed E-state index contributed by atoms with van der Waals surface area (Å²) < 4.78 is 31.9. The van der Waals surface area contributed by atoms with E-state index in [4.69, 9.17) is 16.3 Å². The first-order chi connectivity index (χ1) is 10.8. The lowest BCUT2D eigenvalue weighted by Gasteiger charge is -2.10. The van der Waals surface area contributed by atoms with Gasteiger partial charge in [-0.15, -0.1) is 0 Å². The topological polar surface area (TPSA) is 72.5 Å². The van der Waals surface area contributed by atoms with Crippen LogP contribution < -0.4 is 4.72 Å². The second kappa shape index (κ2) is 7.02. The molecule has 1 N–H and O–H groups in total. The lowest BCUT2D eigenvalue weighted by molar-refractivity contribution is 0.0526. The normalized spacial score (nSPS) is 11.1. The molecule has 0 aliphatic carbocycles. The summed E-state index contributed by atoms with van der Waals surface area (Å²) in [6, 6.07) is 10.7. The Kier molecular flexibility index (Phi) is 5.28. The number of carbonyl (C=O) groups is 1. The minimum absolute atomic E-state index is 0.118. The standard InChI is InChI=1S/C16H16ClNO4S/c1-3-22-16(19)14-9-6-12(10-15(14)17)18-23(20,21)13-7-4-11(2)5-8-13/h4-10,18H,3H2,1-2H3. The Labute approximate surface area is 140 Å². The average molecular weight is 354 g/mol. The van der Waals surface area contributed by atoms with Crippen LogP contribution in [0.3, 0.4) is 0 Å². The number of sulfonamides is 1. The Bertz CT molecular complexity index is 816. The van der Waals surface area contributed by atoms with Crippen LogP contribution in [0.2, 0.25) is 5.02 Å². The van der Waals surface area contributed by atoms with E-state index < -0.39 is 16.0 Å². The van der Waals surface area contributed by atoms with Crippen molar-refractivity contribution in [2.24, 2.45) is 0 Å². The van der Waals surface area contributed by atoms with Crippen LogP contribution in [0.25, 0.3) is 0 Å². The number of carbonyl (C=O) groups excluding carboxylic acids is 1. The molecule has 2 rings (SSSR count). The molecule has 0 aliphatic heterocycles. The molecule has 0 aliphatic rings. The fourth-order valence-electron chi connectivity index (χ4n) is 1.88. The number of esters is 1. The number of rotatable bonds is 5. The van der Waals surface area contributed by atoms with E-state index in [-0.39, 0.29) is 27.8 Å². The van der Waals surface area contributed by atoms with Crippen LogP contribution in [0.5, 0.6) is 0 Å². The van der Waals surface area contributed by atoms with Gasteiger partial charge in [0.05, 0.1) is 27.8 Å². The molecule has 0 spiro atoms. The van der Waals surface area contributed by atoms with Gasteiger partial charge in [-0.05, 0) is 44.2 Å². The Morgan fingerprint density at radius 1 is 1.17 bits per heavy atom. The maximum Gasteiger partial charge on any atom is 0.339 e. The number of halogens is 1. The summed E-state index contributed by atoms with van der Waals surface area (Å²) in [6.07, 6.45) is 0. The highest BCUT2D eigenvalue weighted by atomic mass is 35.5. The van der Waals surface area contributed by atoms with E-state index in [2.05, 4.69) is 4.72 Å². The van der Waals surface area contributed by atoms with E-state index in [0.29, 0.717) is 0 Å². The number of hydrogen-bond donors (Lipinski definition) is 1. The van der Waals surface area contributed by atoms with Gasteiger partial charge in [-0.2, -0.15) is 0 Å². The predicted octanol–water partition coefficient (Wildman–Crippen LogP) is 3.63. The Hall–Kier alpha value is -2.05. The maximum atomic E-state index is 12.3. The first-order valence-electron chi connectivity index (χ1n) is 6.89. The van der Waals surface area contributed by atoms with Crippen molar-refractivity contribution in [1.29, 1.82) is 0 Å². The van der Waals surface area contributed by atoms with Gasteiger partial charge >= 0.3 is 5.97 Å². The molecule has 0 saturated carbocycles. The third kappa shape index (κ3) is 4.24. The Balaban J connectivity index is 2.25. The molecule has 0 amide bonds. The molecule has 7 heteroatoms. The highest BCUT2D eigenvalue weighted by molar-refractivity contribution is 7.92. The zero-order valence-electron chi connectivity index (χ0n) is 12.7. The van der Waals surface area contributed by atoms with Crippen LogP contribution in [0.1, 0.15) is 22.8 Å². The third-order valence-corrected chi connectivity index (χ3v) is 4.76. The lowest BCUT2D eigenvalue weighted by Crippen LogP contribution is -2.13. The van der Waals surface area contributed by atoms with E-state index in [1.165, 1.54) is 30.3 Å². The molecule has 122 valence electrons. The molecule has 0 saturated heterocycles. The SMILES string of the molecule is CCOC(=O)c1ccc(NS(=O)(=O)c2ccc(C)cc2)cc1Cl. The van der Waals surface area contributed by atoms with Gasteiger partial charge in [-0.1, -0.05) is 29.3 Å². The van der Waals surface area contributed by atoms with Crippen molar-refractivity contribution in [3.63, 3.8) is 0 Å². The quantitative estimate of drug-likeness (QED) is 0.833. The Morgan fingerprint density at radius 2 is 1.83 bits per heavy atom. The summed E-state index contributed by atoms with van der Waals surface area (Å²) in [7, 11) is -3.71. The summed E-state index contributed by atoms with van der Waals surface area (Å²) in [5, 5.41) is 0.118. The second-order valence-corrected chi connectivity index (χ2v) is 6.92. The van der Waals surface area contributed by atoms with Crippen molar-refractivity contribution in [2.75, 3.05) is 11.3 Å². The average Bonchev–Trinajstić information content (AvgIpc) is 2.47. The van der Waals surface area contributed by atoms with E-state index in [9.17, 15) is 13.2 Å². The zero-order chi connectivity index (χ0) is 17.0. The van der Waals surface area contributed by atoms with E-state index >= 15 is 0 Å². The summed E-state index contributed by atoms with van der Waals surface area (Å²) in [6.45, 7) is 3.80. The van der Waals surface area contributed by atoms with Crippen molar-refractivity contribution >= 4 is 33.3 Å². The van der Waals surface area contributed by atoms with Gasteiger partial charge in [-0.3, -0.25) is 4.72 Å². The predicted molar refractivity (Wildman–Crippen MR) is 89.4 cm³/mol. The van der Waals surface area contributed by atoms with Crippen molar-refractivity contribution in [1.82, 2.24) is 0 Å². The number of ether oxygens (including phenoxy) is 1. The van der Waals surface area contributed by atoms with Gasteiger partial charge in [-0.25, -0.2) is 13.2 Å². The van der Waals surface area contributed by atoms with Crippen LogP contribution in [0.4, 0.5) is 5.69 Å². The zero-order valence-corrected chi connectivity index (χ0v) is 14.2. The molecule has 2 aromatic rings. The minimum atomic E-state index is -3.71. The van der Waals surface area contributed by atoms with Crippen molar-refractivity contribution in [3.05, 3.63) is 58.6 Å². The first-order valence-corrected chi connectivity index (χ1v) is 8.76. The molecule has 0 heterocycles. The second-order valence-electron chi connectivity index (χ2n) is 4.83. The van der Waals surface area contributed by atoms with Crippen molar-refractivity contribution < 1.29 is 17.9 Å². The molecule has 5 nitrogen and oxygen atoms in total. The molecule has 0 aromatic heterocycles. The van der Waals surface area contributed by atoms with Crippen LogP contribution in [0.15, 0.2) is 47.4 Å². The number of anilines is 1. The monoisotopic (exact) mass is 353 g/mol. The highest BCUT2D eigenvalue weighted by Gasteiger charge is 2.16. The molecular formula is C16H16ClNO4S. The summed E-state index contributed by atoms with van der Waals surface area (Å²) in [5.41, 5.74) is 1.42. The number of benzene rings is 2. The van der Waals surface area contributed by atoms with Gasteiger partial charge in [0, 0.05) is 0 Å². The summed E-state index contributed by atoms with van der Waals surface area (Å²) in [4.78, 5) is 11.8. The van der Waals surface area contributed by atoms with Gasteiger partial charge in [0.15, 0.2) is 0 Å². The van der Waals surface area contributed by atoms with Crippen LogP contribution in [-0.2, 0) is 14.8 Å². The smallest absolute Gasteiger partial charge is 0.339 e. The molecule has 0 radical (unpaired) electrons. The first kappa shape index (κ1) is 17.3. The van der Waals surface area contributed by atoms with Crippen LogP contribution >= 0.6 is 11.6 Å². The molecule has 0 atom stereocenters. The Morgan fingerprint density at radius 3 is 2.39 bits per heavy atom.